The Morgan fingerprint density at radius 1 is 0.872 bits per heavy atom. The van der Waals surface area contributed by atoms with Crippen LogP contribution in [0.3, 0.4) is 0 Å². The molecule has 1 amide bonds. The van der Waals surface area contributed by atoms with Crippen LogP contribution >= 0.6 is 11.3 Å². The van der Waals surface area contributed by atoms with Gasteiger partial charge in [-0.05, 0) is 43.0 Å². The Morgan fingerprint density at radius 3 is 2.26 bits per heavy atom. The highest BCUT2D eigenvalue weighted by Crippen LogP contribution is 2.52. The van der Waals surface area contributed by atoms with Gasteiger partial charge in [-0.1, -0.05) is 83.9 Å². The van der Waals surface area contributed by atoms with Crippen LogP contribution in [0.1, 0.15) is 43.9 Å². The van der Waals surface area contributed by atoms with Gasteiger partial charge < -0.3 is 14.7 Å². The minimum absolute atomic E-state index is 0.189. The summed E-state index contributed by atoms with van der Waals surface area (Å²) >= 11 is 1.40. The Kier molecular flexibility index (Phi) is 7.61. The Morgan fingerprint density at radius 2 is 1.62 bits per heavy atom. The van der Waals surface area contributed by atoms with E-state index in [2.05, 4.69) is 0 Å². The van der Waals surface area contributed by atoms with Gasteiger partial charge in [0, 0.05) is 16.4 Å². The average molecular weight is 540 g/mol. The van der Waals surface area contributed by atoms with Gasteiger partial charge in [0.1, 0.15) is 11.8 Å². The number of aliphatic carboxylic acids is 1. The van der Waals surface area contributed by atoms with Crippen molar-refractivity contribution < 1.29 is 24.2 Å². The van der Waals surface area contributed by atoms with Gasteiger partial charge in [-0.3, -0.25) is 9.59 Å². The van der Waals surface area contributed by atoms with Crippen LogP contribution in [0.5, 0.6) is 5.75 Å². The summed E-state index contributed by atoms with van der Waals surface area (Å²) in [6.07, 6.45) is 0. The van der Waals surface area contributed by atoms with Crippen molar-refractivity contribution in [3.8, 4) is 5.75 Å². The van der Waals surface area contributed by atoms with Gasteiger partial charge in [-0.25, -0.2) is 4.79 Å². The SMILES string of the molecule is Cc1ccc(C(=O)C2C(c3cccs3)C(C(=O)O)N(C(=O)COc3ccccc3)C2c2cccc(C)c2)cc1. The number of amides is 1. The predicted molar refractivity (Wildman–Crippen MR) is 150 cm³/mol. The van der Waals surface area contributed by atoms with E-state index in [0.717, 1.165) is 21.6 Å². The smallest absolute Gasteiger partial charge is 0.327 e. The van der Waals surface area contributed by atoms with Crippen LogP contribution in [-0.2, 0) is 9.59 Å². The Hall–Kier alpha value is -4.23. The molecule has 3 aromatic carbocycles. The average Bonchev–Trinajstić information content (AvgIpc) is 3.59. The molecule has 0 bridgehead atoms. The second-order valence-corrected chi connectivity index (χ2v) is 10.8. The van der Waals surface area contributed by atoms with Crippen molar-refractivity contribution in [2.75, 3.05) is 6.61 Å². The first-order valence-corrected chi connectivity index (χ1v) is 13.7. The number of hydrogen-bond acceptors (Lipinski definition) is 5. The van der Waals surface area contributed by atoms with Gasteiger partial charge in [0.05, 0.1) is 12.0 Å². The lowest BCUT2D eigenvalue weighted by atomic mass is 9.78. The van der Waals surface area contributed by atoms with E-state index in [4.69, 9.17) is 4.74 Å². The number of carboxylic acid groups (broad SMARTS) is 1. The van der Waals surface area contributed by atoms with Crippen LogP contribution in [0.4, 0.5) is 0 Å². The number of nitrogens with zero attached hydrogens (tertiary/aromatic N) is 1. The van der Waals surface area contributed by atoms with Crippen LogP contribution < -0.4 is 4.74 Å². The minimum atomic E-state index is -1.25. The monoisotopic (exact) mass is 539 g/mol. The molecule has 0 saturated carbocycles. The lowest BCUT2D eigenvalue weighted by Crippen LogP contribution is -2.45. The second kappa shape index (κ2) is 11.3. The standard InChI is InChI=1S/C32H29NO5S/c1-20-13-15-22(16-14-20)31(35)28-27(25-12-7-17-39-25)30(32(36)37)33(29(28)23-9-6-8-21(2)18-23)26(34)19-38-24-10-4-3-5-11-24/h3-18,27-30H,19H2,1-2H3,(H,36,37). The maximum Gasteiger partial charge on any atom is 0.327 e. The summed E-state index contributed by atoms with van der Waals surface area (Å²) < 4.78 is 5.77. The molecule has 4 aromatic rings. The van der Waals surface area contributed by atoms with Gasteiger partial charge in [0.15, 0.2) is 12.4 Å². The normalized spacial score (nSPS) is 20.5. The summed E-state index contributed by atoms with van der Waals surface area (Å²) in [6, 6.07) is 25.5. The molecule has 198 valence electrons. The number of carboxylic acids is 1. The number of carbonyl (C=O) groups excluding carboxylic acids is 2. The zero-order valence-corrected chi connectivity index (χ0v) is 22.5. The number of likely N-dealkylation sites (tertiary alicyclic amines) is 1. The van der Waals surface area contributed by atoms with E-state index in [-0.39, 0.29) is 12.4 Å². The summed E-state index contributed by atoms with van der Waals surface area (Å²) in [7, 11) is 0. The second-order valence-electron chi connectivity index (χ2n) is 9.84. The molecule has 6 nitrogen and oxygen atoms in total. The maximum atomic E-state index is 14.3. The molecular weight excluding hydrogens is 510 g/mol. The maximum absolute atomic E-state index is 14.3. The third kappa shape index (κ3) is 5.36. The van der Waals surface area contributed by atoms with Gasteiger partial charge in [-0.15, -0.1) is 11.3 Å². The molecule has 0 aliphatic carbocycles. The van der Waals surface area contributed by atoms with Gasteiger partial charge in [-0.2, -0.15) is 0 Å². The first kappa shape index (κ1) is 26.4. The molecule has 1 N–H and O–H groups in total. The molecule has 1 aliphatic rings. The molecule has 4 atom stereocenters. The molecule has 1 aliphatic heterocycles. The van der Waals surface area contributed by atoms with Crippen molar-refractivity contribution >= 4 is 29.0 Å². The summed E-state index contributed by atoms with van der Waals surface area (Å²) in [6.45, 7) is 3.53. The first-order valence-electron chi connectivity index (χ1n) is 12.8. The molecule has 1 aromatic heterocycles. The minimum Gasteiger partial charge on any atom is -0.484 e. The van der Waals surface area contributed by atoms with Crippen molar-refractivity contribution in [3.63, 3.8) is 0 Å². The molecule has 2 heterocycles. The predicted octanol–water partition coefficient (Wildman–Crippen LogP) is 6.06. The van der Waals surface area contributed by atoms with Crippen LogP contribution in [0, 0.1) is 19.8 Å². The number of aryl methyl sites for hydroxylation is 2. The molecule has 39 heavy (non-hydrogen) atoms. The summed E-state index contributed by atoms with van der Waals surface area (Å²) in [5.74, 6) is -2.87. The van der Waals surface area contributed by atoms with E-state index in [1.54, 1.807) is 36.4 Å². The van der Waals surface area contributed by atoms with E-state index in [1.807, 2.05) is 73.8 Å². The number of Topliss-reactive ketones (excluding diaryl/α,β-unsaturated/α-hetero) is 1. The Balaban J connectivity index is 1.65. The van der Waals surface area contributed by atoms with Crippen molar-refractivity contribution in [3.05, 3.63) is 124 Å². The van der Waals surface area contributed by atoms with Gasteiger partial charge in [0.25, 0.3) is 5.91 Å². The molecule has 5 rings (SSSR count). The lowest BCUT2D eigenvalue weighted by molar-refractivity contribution is -0.151. The fourth-order valence-electron chi connectivity index (χ4n) is 5.48. The Bertz CT molecular complexity index is 1470. The molecule has 1 fully saturated rings. The first-order chi connectivity index (χ1) is 18.8. The fourth-order valence-corrected chi connectivity index (χ4v) is 6.39. The lowest BCUT2D eigenvalue weighted by Gasteiger charge is -2.30. The molecule has 4 unspecified atom stereocenters. The largest absolute Gasteiger partial charge is 0.484 e. The van der Waals surface area contributed by atoms with Gasteiger partial charge in [0.2, 0.25) is 0 Å². The van der Waals surface area contributed by atoms with Crippen molar-refractivity contribution in [1.29, 1.82) is 0 Å². The number of rotatable bonds is 8. The molecule has 0 radical (unpaired) electrons. The number of ketones is 1. The highest BCUT2D eigenvalue weighted by Gasteiger charge is 2.58. The fraction of sp³-hybridized carbons (Fsp3) is 0.219. The van der Waals surface area contributed by atoms with Crippen molar-refractivity contribution in [2.24, 2.45) is 5.92 Å². The number of para-hydroxylation sites is 1. The molecular formula is C32H29NO5S. The summed E-state index contributed by atoms with van der Waals surface area (Å²) in [5.41, 5.74) is 3.18. The highest BCUT2D eigenvalue weighted by atomic mass is 32.1. The Labute approximate surface area is 231 Å². The third-order valence-corrected chi connectivity index (χ3v) is 8.18. The van der Waals surface area contributed by atoms with Crippen molar-refractivity contribution in [1.82, 2.24) is 4.90 Å². The number of thiophene rings is 1. The topological polar surface area (TPSA) is 83.9 Å². The quantitative estimate of drug-likeness (QED) is 0.275. The number of carbonyl (C=O) groups is 3. The number of hydrogen-bond donors (Lipinski definition) is 1. The zero-order chi connectivity index (χ0) is 27.5. The molecule has 1 saturated heterocycles. The number of benzene rings is 3. The van der Waals surface area contributed by atoms with E-state index in [1.165, 1.54) is 16.2 Å². The van der Waals surface area contributed by atoms with Gasteiger partial charge >= 0.3 is 5.97 Å². The van der Waals surface area contributed by atoms with Crippen LogP contribution in [0.25, 0.3) is 0 Å². The highest BCUT2D eigenvalue weighted by molar-refractivity contribution is 7.10. The molecule has 7 heteroatoms. The van der Waals surface area contributed by atoms with Crippen LogP contribution in [0.2, 0.25) is 0 Å². The van der Waals surface area contributed by atoms with E-state index < -0.39 is 35.8 Å². The molecule has 0 spiro atoms. The van der Waals surface area contributed by atoms with E-state index in [0.29, 0.717) is 11.3 Å². The van der Waals surface area contributed by atoms with E-state index in [9.17, 15) is 19.5 Å². The number of ether oxygens (including phenoxy) is 1. The van der Waals surface area contributed by atoms with E-state index >= 15 is 0 Å². The van der Waals surface area contributed by atoms with Crippen molar-refractivity contribution in [2.45, 2.75) is 31.8 Å². The van der Waals surface area contributed by atoms with Crippen LogP contribution in [-0.4, -0.2) is 40.3 Å². The third-order valence-electron chi connectivity index (χ3n) is 7.21. The summed E-state index contributed by atoms with van der Waals surface area (Å²) in [4.78, 5) is 43.3. The van der Waals surface area contributed by atoms with Crippen LogP contribution in [0.15, 0.2) is 96.4 Å². The summed E-state index contributed by atoms with van der Waals surface area (Å²) in [5, 5.41) is 12.4. The zero-order valence-electron chi connectivity index (χ0n) is 21.7.